The van der Waals surface area contributed by atoms with Gasteiger partial charge in [0.15, 0.2) is 0 Å². The molecule has 0 aliphatic heterocycles. The van der Waals surface area contributed by atoms with E-state index in [-0.39, 0.29) is 19.8 Å². The van der Waals surface area contributed by atoms with Crippen molar-refractivity contribution < 1.29 is 15.3 Å². The van der Waals surface area contributed by atoms with Crippen LogP contribution in [0.2, 0.25) is 0 Å². The third-order valence-corrected chi connectivity index (χ3v) is 2.92. The highest BCUT2D eigenvalue weighted by Gasteiger charge is 2.27. The molecule has 0 spiro atoms. The van der Waals surface area contributed by atoms with Crippen molar-refractivity contribution in [1.29, 1.82) is 0 Å². The van der Waals surface area contributed by atoms with E-state index in [0.29, 0.717) is 12.8 Å². The molecule has 0 bridgehead atoms. The van der Waals surface area contributed by atoms with Crippen LogP contribution < -0.4 is 0 Å². The van der Waals surface area contributed by atoms with Gasteiger partial charge in [-0.25, -0.2) is 0 Å². The summed E-state index contributed by atoms with van der Waals surface area (Å²) in [4.78, 5) is 0. The van der Waals surface area contributed by atoms with Gasteiger partial charge in [0.1, 0.15) is 0 Å². The molecule has 0 heterocycles. The fourth-order valence-electron chi connectivity index (χ4n) is 1.80. The highest BCUT2D eigenvalue weighted by molar-refractivity contribution is 5.17. The van der Waals surface area contributed by atoms with Gasteiger partial charge >= 0.3 is 0 Å². The summed E-state index contributed by atoms with van der Waals surface area (Å²) < 4.78 is 0. The maximum Gasteiger partial charge on any atom is 0.0612 e. The topological polar surface area (TPSA) is 60.7 Å². The Kier molecular flexibility index (Phi) is 5.91. The molecule has 1 aromatic carbocycles. The Morgan fingerprint density at radius 2 is 1.59 bits per heavy atom. The summed E-state index contributed by atoms with van der Waals surface area (Å²) in [7, 11) is 0. The van der Waals surface area contributed by atoms with Crippen LogP contribution in [-0.4, -0.2) is 35.1 Å². The second-order valence-electron chi connectivity index (χ2n) is 4.34. The number of allylic oxidation sites excluding steroid dienone is 1. The Hall–Kier alpha value is -1.16. The molecule has 0 atom stereocenters. The van der Waals surface area contributed by atoms with Crippen LogP contribution >= 0.6 is 0 Å². The molecule has 0 aliphatic rings. The summed E-state index contributed by atoms with van der Waals surface area (Å²) in [6.07, 6.45) is 4.60. The fraction of sp³-hybridized carbons (Fsp3) is 0.429. The van der Waals surface area contributed by atoms with Crippen molar-refractivity contribution in [3.05, 3.63) is 48.0 Å². The number of aliphatic hydroxyl groups is 3. The molecule has 3 nitrogen and oxygen atoms in total. The average Bonchev–Trinajstić information content (AvgIpc) is 2.39. The maximum absolute atomic E-state index is 9.48. The van der Waals surface area contributed by atoms with Gasteiger partial charge in [0.05, 0.1) is 19.8 Å². The summed E-state index contributed by atoms with van der Waals surface area (Å²) in [5.41, 5.74) is 0.542. The molecule has 0 unspecified atom stereocenters. The minimum absolute atomic E-state index is 0.0156. The highest BCUT2D eigenvalue weighted by Crippen LogP contribution is 2.26. The summed E-state index contributed by atoms with van der Waals surface area (Å²) in [6, 6.07) is 9.79. The standard InChI is InChI=1S/C14H20O3/c15-9-5-4-8-14(11-16,12-17)10-13-6-2-1-3-7-13/h1-7,15-17H,8-12H2/b5-4-. The van der Waals surface area contributed by atoms with Crippen LogP contribution in [0.4, 0.5) is 0 Å². The largest absolute Gasteiger partial charge is 0.396 e. The molecular weight excluding hydrogens is 216 g/mol. The summed E-state index contributed by atoms with van der Waals surface area (Å²) in [5.74, 6) is 0. The van der Waals surface area contributed by atoms with Gasteiger partial charge in [-0.15, -0.1) is 0 Å². The van der Waals surface area contributed by atoms with Crippen LogP contribution in [0.15, 0.2) is 42.5 Å². The summed E-state index contributed by atoms with van der Waals surface area (Å²) >= 11 is 0. The first-order valence-electron chi connectivity index (χ1n) is 5.78. The van der Waals surface area contributed by atoms with Crippen molar-refractivity contribution in [3.63, 3.8) is 0 Å². The first-order valence-corrected chi connectivity index (χ1v) is 5.78. The second kappa shape index (κ2) is 7.22. The lowest BCUT2D eigenvalue weighted by atomic mass is 9.80. The normalized spacial score (nSPS) is 12.2. The molecule has 1 rings (SSSR count). The third-order valence-electron chi connectivity index (χ3n) is 2.92. The van der Waals surface area contributed by atoms with Crippen molar-refractivity contribution >= 4 is 0 Å². The number of benzene rings is 1. The number of hydrogen-bond acceptors (Lipinski definition) is 3. The van der Waals surface area contributed by atoms with Gasteiger partial charge in [0, 0.05) is 5.41 Å². The molecule has 0 radical (unpaired) electrons. The zero-order valence-electron chi connectivity index (χ0n) is 9.92. The molecule has 17 heavy (non-hydrogen) atoms. The lowest BCUT2D eigenvalue weighted by Crippen LogP contribution is -2.31. The van der Waals surface area contributed by atoms with Gasteiger partial charge in [0.25, 0.3) is 0 Å². The predicted molar refractivity (Wildman–Crippen MR) is 67.6 cm³/mol. The van der Waals surface area contributed by atoms with Gasteiger partial charge in [-0.3, -0.25) is 0 Å². The van der Waals surface area contributed by atoms with Gasteiger partial charge in [0.2, 0.25) is 0 Å². The third kappa shape index (κ3) is 4.30. The lowest BCUT2D eigenvalue weighted by molar-refractivity contribution is 0.0569. The Balaban J connectivity index is 2.73. The highest BCUT2D eigenvalue weighted by atomic mass is 16.3. The molecule has 0 saturated heterocycles. The molecule has 0 fully saturated rings. The number of rotatable bonds is 7. The van der Waals surface area contributed by atoms with Gasteiger partial charge in [-0.05, 0) is 18.4 Å². The van der Waals surface area contributed by atoms with E-state index in [0.717, 1.165) is 5.56 Å². The van der Waals surface area contributed by atoms with E-state index < -0.39 is 5.41 Å². The molecular formula is C14H20O3. The van der Waals surface area contributed by atoms with E-state index in [2.05, 4.69) is 0 Å². The van der Waals surface area contributed by atoms with Crippen LogP contribution in [0, 0.1) is 5.41 Å². The SMILES string of the molecule is OC/C=C\CC(CO)(CO)Cc1ccccc1. The Morgan fingerprint density at radius 1 is 0.941 bits per heavy atom. The molecule has 3 heteroatoms. The van der Waals surface area contributed by atoms with E-state index in [1.165, 1.54) is 0 Å². The van der Waals surface area contributed by atoms with Crippen LogP contribution in [0.3, 0.4) is 0 Å². The quantitative estimate of drug-likeness (QED) is 0.622. The number of aliphatic hydroxyl groups excluding tert-OH is 3. The maximum atomic E-state index is 9.48. The predicted octanol–water partition coefficient (Wildman–Crippen LogP) is 1.14. The minimum atomic E-state index is -0.549. The molecule has 0 amide bonds. The minimum Gasteiger partial charge on any atom is -0.396 e. The zero-order valence-corrected chi connectivity index (χ0v) is 9.92. The lowest BCUT2D eigenvalue weighted by Gasteiger charge is -2.28. The summed E-state index contributed by atoms with van der Waals surface area (Å²) in [5, 5.41) is 27.6. The molecule has 0 aromatic heterocycles. The van der Waals surface area contributed by atoms with Crippen molar-refractivity contribution in [2.24, 2.45) is 5.41 Å². The van der Waals surface area contributed by atoms with Gasteiger partial charge in [-0.1, -0.05) is 42.5 Å². The van der Waals surface area contributed by atoms with Gasteiger partial charge in [-0.2, -0.15) is 0 Å². The van der Waals surface area contributed by atoms with Crippen LogP contribution in [0.1, 0.15) is 12.0 Å². The molecule has 0 saturated carbocycles. The van der Waals surface area contributed by atoms with Crippen molar-refractivity contribution in [3.8, 4) is 0 Å². The van der Waals surface area contributed by atoms with Crippen LogP contribution in [0.25, 0.3) is 0 Å². The Bertz CT molecular complexity index is 329. The smallest absolute Gasteiger partial charge is 0.0612 e. The fourth-order valence-corrected chi connectivity index (χ4v) is 1.80. The molecule has 94 valence electrons. The van der Waals surface area contributed by atoms with E-state index in [4.69, 9.17) is 5.11 Å². The monoisotopic (exact) mass is 236 g/mol. The molecule has 0 aliphatic carbocycles. The van der Waals surface area contributed by atoms with Crippen molar-refractivity contribution in [2.45, 2.75) is 12.8 Å². The van der Waals surface area contributed by atoms with E-state index in [1.807, 2.05) is 30.3 Å². The number of hydrogen-bond donors (Lipinski definition) is 3. The first kappa shape index (κ1) is 13.9. The van der Waals surface area contributed by atoms with Crippen molar-refractivity contribution in [1.82, 2.24) is 0 Å². The molecule has 1 aromatic rings. The molecule has 3 N–H and O–H groups in total. The van der Waals surface area contributed by atoms with Crippen LogP contribution in [0.5, 0.6) is 0 Å². The second-order valence-corrected chi connectivity index (χ2v) is 4.34. The van der Waals surface area contributed by atoms with E-state index in [9.17, 15) is 10.2 Å². The first-order chi connectivity index (χ1) is 8.26. The average molecular weight is 236 g/mol. The van der Waals surface area contributed by atoms with Gasteiger partial charge < -0.3 is 15.3 Å². The Morgan fingerprint density at radius 3 is 2.12 bits per heavy atom. The van der Waals surface area contributed by atoms with Crippen molar-refractivity contribution in [2.75, 3.05) is 19.8 Å². The summed E-state index contributed by atoms with van der Waals surface area (Å²) in [6.45, 7) is -0.166. The van der Waals surface area contributed by atoms with E-state index >= 15 is 0 Å². The van der Waals surface area contributed by atoms with E-state index in [1.54, 1.807) is 12.2 Å². The zero-order chi connectivity index (χ0) is 12.6. The van der Waals surface area contributed by atoms with Crippen LogP contribution in [-0.2, 0) is 6.42 Å². The Labute approximate surface area is 102 Å².